The monoisotopic (exact) mass is 492 g/mol. The molecular formula is C27H28N2O7. The van der Waals surface area contributed by atoms with Crippen LogP contribution in [0.4, 0.5) is 5.69 Å². The van der Waals surface area contributed by atoms with Crippen LogP contribution in [0, 0.1) is 16.0 Å². The summed E-state index contributed by atoms with van der Waals surface area (Å²) in [5.41, 5.74) is 2.28. The molecule has 0 saturated carbocycles. The fourth-order valence-electron chi connectivity index (χ4n) is 4.16. The molecule has 2 aromatic rings. The third kappa shape index (κ3) is 6.04. The first-order chi connectivity index (χ1) is 17.3. The summed E-state index contributed by atoms with van der Waals surface area (Å²) >= 11 is 0. The Morgan fingerprint density at radius 1 is 1.11 bits per heavy atom. The lowest BCUT2D eigenvalue weighted by molar-refractivity contribution is -0.384. The van der Waals surface area contributed by atoms with Gasteiger partial charge in [-0.25, -0.2) is 4.79 Å². The van der Waals surface area contributed by atoms with Crippen molar-refractivity contribution in [2.24, 2.45) is 10.9 Å². The molecule has 0 radical (unpaired) electrons. The summed E-state index contributed by atoms with van der Waals surface area (Å²) in [5, 5.41) is 11.4. The highest BCUT2D eigenvalue weighted by Gasteiger charge is 2.42. The van der Waals surface area contributed by atoms with Crippen molar-refractivity contribution in [3.63, 3.8) is 0 Å². The lowest BCUT2D eigenvalue weighted by Crippen LogP contribution is -2.36. The van der Waals surface area contributed by atoms with Gasteiger partial charge >= 0.3 is 11.9 Å². The summed E-state index contributed by atoms with van der Waals surface area (Å²) in [4.78, 5) is 41.1. The normalized spacial score (nSPS) is 17.5. The molecule has 1 heterocycles. The minimum absolute atomic E-state index is 0.107. The van der Waals surface area contributed by atoms with Crippen LogP contribution < -0.4 is 4.74 Å². The standard InChI is InChI=1S/C27H28N2O7/c1-17-23(26(30)35-4)25(20-9-7-10-21(16-20)29(32)33)24(18(2)28-17)27(31)36-15-6-5-8-19-11-13-22(34-3)14-12-19/h5,7-14,16,23,25H,6,15H2,1-4H3. The van der Waals surface area contributed by atoms with Gasteiger partial charge in [0.25, 0.3) is 5.69 Å². The van der Waals surface area contributed by atoms with Crippen LogP contribution in [-0.2, 0) is 19.1 Å². The maximum absolute atomic E-state index is 13.2. The van der Waals surface area contributed by atoms with Gasteiger partial charge in [-0.1, -0.05) is 36.4 Å². The molecular weight excluding hydrogens is 464 g/mol. The maximum atomic E-state index is 13.2. The molecule has 0 N–H and O–H groups in total. The fraction of sp³-hybridized carbons (Fsp3) is 0.296. The molecule has 36 heavy (non-hydrogen) atoms. The van der Waals surface area contributed by atoms with E-state index >= 15 is 0 Å². The van der Waals surface area contributed by atoms with Gasteiger partial charge in [0.1, 0.15) is 11.7 Å². The molecule has 0 amide bonds. The second-order valence-electron chi connectivity index (χ2n) is 8.18. The van der Waals surface area contributed by atoms with Gasteiger partial charge in [-0.3, -0.25) is 19.9 Å². The Balaban J connectivity index is 1.82. The van der Waals surface area contributed by atoms with Crippen molar-refractivity contribution < 1.29 is 28.7 Å². The van der Waals surface area contributed by atoms with Crippen LogP contribution in [0.1, 0.15) is 37.3 Å². The van der Waals surface area contributed by atoms with Gasteiger partial charge in [0.05, 0.1) is 31.3 Å². The molecule has 0 aliphatic carbocycles. The summed E-state index contributed by atoms with van der Waals surface area (Å²) in [6.45, 7) is 3.43. The molecule has 0 saturated heterocycles. The number of nitrogens with zero attached hydrogens (tertiary/aromatic N) is 2. The summed E-state index contributed by atoms with van der Waals surface area (Å²) in [7, 11) is 2.85. The van der Waals surface area contributed by atoms with Crippen LogP contribution in [0.2, 0.25) is 0 Å². The summed E-state index contributed by atoms with van der Waals surface area (Å²) < 4.78 is 15.6. The number of hydrogen-bond donors (Lipinski definition) is 0. The van der Waals surface area contributed by atoms with Crippen molar-refractivity contribution in [3.05, 3.63) is 87.1 Å². The number of carbonyl (C=O) groups is 2. The molecule has 0 spiro atoms. The topological polar surface area (TPSA) is 117 Å². The molecule has 2 unspecified atom stereocenters. The van der Waals surface area contributed by atoms with E-state index in [1.54, 1.807) is 27.0 Å². The van der Waals surface area contributed by atoms with Gasteiger partial charge < -0.3 is 14.2 Å². The Hall–Kier alpha value is -4.27. The third-order valence-electron chi connectivity index (χ3n) is 5.89. The minimum atomic E-state index is -0.918. The Morgan fingerprint density at radius 3 is 2.47 bits per heavy atom. The molecule has 3 rings (SSSR count). The molecule has 9 heteroatoms. The Morgan fingerprint density at radius 2 is 1.83 bits per heavy atom. The first kappa shape index (κ1) is 26.3. The lowest BCUT2D eigenvalue weighted by Gasteiger charge is -2.31. The summed E-state index contributed by atoms with van der Waals surface area (Å²) in [6.07, 6.45) is 4.26. The molecule has 1 aliphatic heterocycles. The van der Waals surface area contributed by atoms with E-state index in [2.05, 4.69) is 4.99 Å². The van der Waals surface area contributed by atoms with Gasteiger partial charge in [0.15, 0.2) is 0 Å². The number of hydrogen-bond acceptors (Lipinski definition) is 8. The lowest BCUT2D eigenvalue weighted by atomic mass is 9.75. The predicted octanol–water partition coefficient (Wildman–Crippen LogP) is 4.87. The highest BCUT2D eigenvalue weighted by molar-refractivity contribution is 6.07. The quantitative estimate of drug-likeness (QED) is 0.212. The number of nitro benzene ring substituents is 1. The van der Waals surface area contributed by atoms with Crippen LogP contribution in [-0.4, -0.2) is 43.4 Å². The number of aliphatic imine (C=N–C) groups is 1. The van der Waals surface area contributed by atoms with Crippen LogP contribution in [0.25, 0.3) is 6.08 Å². The zero-order valence-electron chi connectivity index (χ0n) is 20.6. The molecule has 0 aromatic heterocycles. The number of allylic oxidation sites excluding steroid dienone is 1. The first-order valence-electron chi connectivity index (χ1n) is 11.3. The van der Waals surface area contributed by atoms with Crippen molar-refractivity contribution >= 4 is 29.4 Å². The van der Waals surface area contributed by atoms with E-state index in [-0.39, 0.29) is 17.9 Å². The van der Waals surface area contributed by atoms with E-state index in [9.17, 15) is 19.7 Å². The third-order valence-corrected chi connectivity index (χ3v) is 5.89. The summed E-state index contributed by atoms with van der Waals surface area (Å²) in [5.74, 6) is -2.21. The zero-order chi connectivity index (χ0) is 26.2. The van der Waals surface area contributed by atoms with Crippen molar-refractivity contribution in [2.75, 3.05) is 20.8 Å². The average Bonchev–Trinajstić information content (AvgIpc) is 2.87. The number of esters is 2. The number of nitro groups is 1. The minimum Gasteiger partial charge on any atom is -0.497 e. The second-order valence-corrected chi connectivity index (χ2v) is 8.18. The molecule has 1 aliphatic rings. The first-order valence-corrected chi connectivity index (χ1v) is 11.3. The molecule has 0 fully saturated rings. The van der Waals surface area contributed by atoms with Crippen LogP contribution in [0.15, 0.2) is 70.9 Å². The van der Waals surface area contributed by atoms with E-state index in [1.165, 1.54) is 25.3 Å². The van der Waals surface area contributed by atoms with E-state index in [4.69, 9.17) is 14.2 Å². The Labute approximate surface area is 209 Å². The maximum Gasteiger partial charge on any atom is 0.336 e. The number of carbonyl (C=O) groups excluding carboxylic acids is 2. The molecule has 2 aromatic carbocycles. The van der Waals surface area contributed by atoms with Gasteiger partial charge in [0, 0.05) is 29.5 Å². The highest BCUT2D eigenvalue weighted by Crippen LogP contribution is 2.40. The smallest absolute Gasteiger partial charge is 0.336 e. The number of non-ortho nitro benzene ring substituents is 1. The largest absolute Gasteiger partial charge is 0.497 e. The number of methoxy groups -OCH3 is 2. The van der Waals surface area contributed by atoms with Crippen LogP contribution in [0.5, 0.6) is 5.75 Å². The zero-order valence-corrected chi connectivity index (χ0v) is 20.6. The van der Waals surface area contributed by atoms with Crippen LogP contribution >= 0.6 is 0 Å². The van der Waals surface area contributed by atoms with Gasteiger partial charge in [-0.05, 0) is 43.5 Å². The predicted molar refractivity (Wildman–Crippen MR) is 135 cm³/mol. The summed E-state index contributed by atoms with van der Waals surface area (Å²) in [6, 6.07) is 13.4. The second kappa shape index (κ2) is 11.9. The van der Waals surface area contributed by atoms with Crippen molar-refractivity contribution in [1.29, 1.82) is 0 Å². The molecule has 188 valence electrons. The Bertz CT molecular complexity index is 1230. The van der Waals surface area contributed by atoms with E-state index in [1.807, 2.05) is 36.4 Å². The van der Waals surface area contributed by atoms with E-state index in [0.29, 0.717) is 23.4 Å². The average molecular weight is 493 g/mol. The number of benzene rings is 2. The van der Waals surface area contributed by atoms with Crippen LogP contribution in [0.3, 0.4) is 0 Å². The molecule has 0 bridgehead atoms. The SMILES string of the molecule is COC(=O)C1C(C)=NC(C)=C(C(=O)OCCC=Cc2ccc(OC)cc2)C1c1cccc([N+](=O)[O-])c1. The number of rotatable bonds is 9. The van der Waals surface area contributed by atoms with E-state index < -0.39 is 28.7 Å². The molecule has 2 atom stereocenters. The van der Waals surface area contributed by atoms with Crippen molar-refractivity contribution in [3.8, 4) is 5.75 Å². The fourth-order valence-corrected chi connectivity index (χ4v) is 4.16. The Kier molecular flexibility index (Phi) is 8.72. The van der Waals surface area contributed by atoms with Crippen molar-refractivity contribution in [1.82, 2.24) is 0 Å². The highest BCUT2D eigenvalue weighted by atomic mass is 16.6. The number of ether oxygens (including phenoxy) is 3. The van der Waals surface area contributed by atoms with Gasteiger partial charge in [-0.2, -0.15) is 0 Å². The van der Waals surface area contributed by atoms with E-state index in [0.717, 1.165) is 11.3 Å². The van der Waals surface area contributed by atoms with Crippen molar-refractivity contribution in [2.45, 2.75) is 26.2 Å². The van der Waals surface area contributed by atoms with Gasteiger partial charge in [-0.15, -0.1) is 0 Å². The molecule has 9 nitrogen and oxygen atoms in total. The van der Waals surface area contributed by atoms with Gasteiger partial charge in [0.2, 0.25) is 0 Å².